The molecule has 0 aliphatic carbocycles. The molecule has 0 bridgehead atoms. The summed E-state index contributed by atoms with van der Waals surface area (Å²) in [5.41, 5.74) is 0. The second-order valence-electron chi connectivity index (χ2n) is 1.81. The van der Waals surface area contributed by atoms with Gasteiger partial charge in [0.25, 0.3) is 0 Å². The van der Waals surface area contributed by atoms with Gasteiger partial charge in [-0.3, -0.25) is 0 Å². The van der Waals surface area contributed by atoms with Crippen LogP contribution >= 0.6 is 0 Å². The van der Waals surface area contributed by atoms with E-state index < -0.39 is 4.81 Å². The van der Waals surface area contributed by atoms with E-state index in [0.29, 0.717) is 6.54 Å². The van der Waals surface area contributed by atoms with Gasteiger partial charge in [0, 0.05) is 0 Å². The topological polar surface area (TPSA) is 40.5 Å². The van der Waals surface area contributed by atoms with Crippen LogP contribution in [0.25, 0.3) is 0 Å². The summed E-state index contributed by atoms with van der Waals surface area (Å²) in [5.74, 6) is 0. The summed E-state index contributed by atoms with van der Waals surface area (Å²) in [5, 5.41) is 17.0. The van der Waals surface area contributed by atoms with E-state index in [0.717, 1.165) is 6.42 Å². The zero-order valence-corrected chi connectivity index (χ0v) is 5.13. The number of nitrogens with zero attached hydrogens (tertiary/aromatic N) is 1. The number of hydrogen-bond donors (Lipinski definition) is 2. The van der Waals surface area contributed by atoms with E-state index in [1.54, 1.807) is 0 Å². The van der Waals surface area contributed by atoms with E-state index in [-0.39, 0.29) is 4.70 Å². The molecule has 0 amide bonds. The molecule has 0 aromatic rings. The molecule has 4 heteroatoms. The van der Waals surface area contributed by atoms with Crippen molar-refractivity contribution in [1.82, 2.24) is 0 Å². The summed E-state index contributed by atoms with van der Waals surface area (Å²) in [6, 6.07) is 0. The minimum Gasteiger partial charge on any atom is -1.00 e. The fourth-order valence-electron chi connectivity index (χ4n) is 0.424. The largest absolute Gasteiger partial charge is 1.00 e. The van der Waals surface area contributed by atoms with Crippen LogP contribution < -0.4 is 4.70 Å². The third-order valence-corrected chi connectivity index (χ3v) is 0.647. The van der Waals surface area contributed by atoms with Crippen molar-refractivity contribution in [2.24, 2.45) is 0 Å². The number of halogens is 1. The lowest BCUT2D eigenvalue weighted by molar-refractivity contribution is -1.23. The van der Waals surface area contributed by atoms with E-state index in [1.165, 1.54) is 7.05 Å². The number of rotatable bonds is 2. The van der Waals surface area contributed by atoms with Gasteiger partial charge >= 0.3 is 0 Å². The molecule has 0 fully saturated rings. The van der Waals surface area contributed by atoms with Gasteiger partial charge < -0.3 is 4.70 Å². The fourth-order valence-corrected chi connectivity index (χ4v) is 0.424. The summed E-state index contributed by atoms with van der Waals surface area (Å²) in [7, 11) is 1.32. The Bertz CT molecular complexity index is 52.5. The Morgan fingerprint density at radius 2 is 1.75 bits per heavy atom. The number of hydroxylamine groups is 4. The predicted octanol–water partition coefficient (Wildman–Crippen LogP) is -2.37. The van der Waals surface area contributed by atoms with Crippen LogP contribution in [0.5, 0.6) is 0 Å². The molecule has 0 aliphatic heterocycles. The molecule has 3 nitrogen and oxygen atoms in total. The lowest BCUT2D eigenvalue weighted by atomic mass is 10.5. The van der Waals surface area contributed by atoms with Gasteiger partial charge in [-0.15, -0.1) is 0 Å². The molecule has 0 saturated heterocycles. The van der Waals surface area contributed by atoms with Crippen LogP contribution in [-0.2, 0) is 0 Å². The fraction of sp³-hybridized carbons (Fsp3) is 1.00. The summed E-state index contributed by atoms with van der Waals surface area (Å²) < 4.78 is 0. The molecule has 0 heterocycles. The van der Waals surface area contributed by atoms with Crippen molar-refractivity contribution in [3.63, 3.8) is 0 Å². The second kappa shape index (κ2) is 3.77. The summed E-state index contributed by atoms with van der Waals surface area (Å²) in [6.07, 6.45) is 0.781. The zero-order chi connectivity index (χ0) is 5.91. The van der Waals surface area contributed by atoms with E-state index in [2.05, 4.69) is 0 Å². The highest BCUT2D eigenvalue weighted by atomic mass is 19.0. The van der Waals surface area contributed by atoms with Gasteiger partial charge in [-0.2, -0.15) is 10.4 Å². The van der Waals surface area contributed by atoms with Crippen molar-refractivity contribution in [3.8, 4) is 0 Å². The standard InChI is InChI=1S/C4H12NO2.FH/c1-3-4-5(2,6)7;/h6-7H,3-4H2,1-2H3;1H/q+1;/p-1. The summed E-state index contributed by atoms with van der Waals surface area (Å²) in [6.45, 7) is 2.28. The summed E-state index contributed by atoms with van der Waals surface area (Å²) >= 11 is 0. The highest BCUT2D eigenvalue weighted by Crippen LogP contribution is 1.88. The van der Waals surface area contributed by atoms with Crippen LogP contribution in [-0.4, -0.2) is 28.8 Å². The lowest BCUT2D eigenvalue weighted by Crippen LogP contribution is -3.00. The molecule has 0 aliphatic rings. The van der Waals surface area contributed by atoms with Crippen LogP contribution in [0.15, 0.2) is 0 Å². The van der Waals surface area contributed by atoms with Gasteiger partial charge in [0.05, 0.1) is 0 Å². The molecular formula is C4H12FNO2. The van der Waals surface area contributed by atoms with E-state index >= 15 is 0 Å². The Hall–Kier alpha value is -0.190. The first-order chi connectivity index (χ1) is 3.06. The molecule has 0 atom stereocenters. The van der Waals surface area contributed by atoms with Crippen molar-refractivity contribution >= 4 is 0 Å². The second-order valence-corrected chi connectivity index (χ2v) is 1.81. The minimum absolute atomic E-state index is 0. The smallest absolute Gasteiger partial charge is 0.141 e. The monoisotopic (exact) mass is 125 g/mol. The highest BCUT2D eigenvalue weighted by molar-refractivity contribution is 4.13. The van der Waals surface area contributed by atoms with Gasteiger partial charge in [-0.05, 0) is 6.42 Å². The molecule has 0 radical (unpaired) electrons. The maximum atomic E-state index is 8.51. The van der Waals surface area contributed by atoms with Gasteiger partial charge in [0.2, 0.25) is 0 Å². The Labute approximate surface area is 48.0 Å². The average Bonchev–Trinajstić information content (AvgIpc) is 1.30. The van der Waals surface area contributed by atoms with Crippen LogP contribution in [0, 0.1) is 0 Å². The van der Waals surface area contributed by atoms with E-state index in [4.69, 9.17) is 10.4 Å². The van der Waals surface area contributed by atoms with Gasteiger partial charge in [0.15, 0.2) is 0 Å². The van der Waals surface area contributed by atoms with Crippen molar-refractivity contribution < 1.29 is 19.9 Å². The molecule has 0 rings (SSSR count). The van der Waals surface area contributed by atoms with Crippen LogP contribution in [0.4, 0.5) is 0 Å². The molecule has 52 valence electrons. The molecule has 2 N–H and O–H groups in total. The molecule has 0 spiro atoms. The Morgan fingerprint density at radius 3 is 1.75 bits per heavy atom. The molecule has 8 heavy (non-hydrogen) atoms. The zero-order valence-electron chi connectivity index (χ0n) is 5.13. The van der Waals surface area contributed by atoms with Crippen LogP contribution in [0.2, 0.25) is 0 Å². The molecule has 0 aromatic carbocycles. The van der Waals surface area contributed by atoms with Crippen molar-refractivity contribution in [2.75, 3.05) is 13.6 Å². The van der Waals surface area contributed by atoms with E-state index in [9.17, 15) is 0 Å². The lowest BCUT2D eigenvalue weighted by Gasteiger charge is -2.12. The molecule has 0 saturated carbocycles. The molecule has 0 aromatic heterocycles. The Balaban J connectivity index is 0. The van der Waals surface area contributed by atoms with Crippen LogP contribution in [0.3, 0.4) is 0 Å². The maximum absolute atomic E-state index is 8.51. The molecular weight excluding hydrogens is 113 g/mol. The Morgan fingerprint density at radius 1 is 1.38 bits per heavy atom. The van der Waals surface area contributed by atoms with Gasteiger partial charge in [0.1, 0.15) is 13.6 Å². The quantitative estimate of drug-likeness (QED) is 0.320. The SMILES string of the molecule is CCC[N+](C)(O)O.[F-]. The third-order valence-electron chi connectivity index (χ3n) is 0.647. The average molecular weight is 125 g/mol. The first-order valence-corrected chi connectivity index (χ1v) is 2.37. The van der Waals surface area contributed by atoms with Crippen LogP contribution in [0.1, 0.15) is 13.3 Å². The third kappa shape index (κ3) is 9.26. The normalized spacial score (nSPS) is 10.5. The van der Waals surface area contributed by atoms with Crippen molar-refractivity contribution in [3.05, 3.63) is 0 Å². The first-order valence-electron chi connectivity index (χ1n) is 2.37. The Kier molecular flexibility index (Phi) is 5.05. The highest BCUT2D eigenvalue weighted by Gasteiger charge is 2.09. The van der Waals surface area contributed by atoms with E-state index in [1.807, 2.05) is 6.92 Å². The van der Waals surface area contributed by atoms with Gasteiger partial charge in [-0.25, -0.2) is 0 Å². The maximum Gasteiger partial charge on any atom is 0.141 e. The van der Waals surface area contributed by atoms with Crippen molar-refractivity contribution in [2.45, 2.75) is 13.3 Å². The number of quaternary nitrogens is 1. The number of hydrogen-bond acceptors (Lipinski definition) is 2. The predicted molar refractivity (Wildman–Crippen MR) is 24.9 cm³/mol. The minimum atomic E-state index is -0.906. The molecule has 0 unspecified atom stereocenters. The van der Waals surface area contributed by atoms with Crippen molar-refractivity contribution in [1.29, 1.82) is 0 Å². The summed E-state index contributed by atoms with van der Waals surface area (Å²) in [4.78, 5) is -0.906. The first kappa shape index (κ1) is 10.7. The van der Waals surface area contributed by atoms with Gasteiger partial charge in [-0.1, -0.05) is 11.7 Å².